The van der Waals surface area contributed by atoms with Gasteiger partial charge in [0, 0.05) is 61.8 Å². The summed E-state index contributed by atoms with van der Waals surface area (Å²) in [5.41, 5.74) is 6.00. The van der Waals surface area contributed by atoms with Crippen LogP contribution >= 0.6 is 0 Å². The van der Waals surface area contributed by atoms with E-state index in [2.05, 4.69) is 52.7 Å². The van der Waals surface area contributed by atoms with Crippen molar-refractivity contribution in [2.45, 2.75) is 13.1 Å². The monoisotopic (exact) mass is 627 g/mol. The molecule has 47 heavy (non-hydrogen) atoms. The number of hydrogen-bond donors (Lipinski definition) is 0. The second kappa shape index (κ2) is 13.1. The number of nitrogens with zero attached hydrogens (tertiary/aromatic N) is 5. The average molecular weight is 628 g/mol. The second-order valence-corrected chi connectivity index (χ2v) is 12.7. The van der Waals surface area contributed by atoms with Crippen molar-refractivity contribution in [1.82, 2.24) is 19.3 Å². The molecule has 0 radical (unpaired) electrons. The van der Waals surface area contributed by atoms with E-state index in [1.165, 1.54) is 0 Å². The van der Waals surface area contributed by atoms with Gasteiger partial charge in [0.15, 0.2) is 0 Å². The number of carbonyl (C=O) groups is 2. The van der Waals surface area contributed by atoms with Crippen LogP contribution in [0.1, 0.15) is 32.1 Å². The first-order chi connectivity index (χ1) is 22.9. The number of anilines is 1. The van der Waals surface area contributed by atoms with Crippen LogP contribution in [0.15, 0.2) is 97.1 Å². The molecule has 0 atom stereocenters. The van der Waals surface area contributed by atoms with E-state index in [1.807, 2.05) is 82.6 Å². The van der Waals surface area contributed by atoms with Crippen LogP contribution in [0.25, 0.3) is 21.9 Å². The minimum absolute atomic E-state index is 0.0505. The molecule has 240 valence electrons. The van der Waals surface area contributed by atoms with Crippen LogP contribution in [0.3, 0.4) is 0 Å². The molecule has 0 saturated carbocycles. The molecule has 0 spiro atoms. The fourth-order valence-electron chi connectivity index (χ4n) is 6.87. The lowest BCUT2D eigenvalue weighted by atomic mass is 9.96. The zero-order valence-corrected chi connectivity index (χ0v) is 27.4. The molecule has 1 aromatic heterocycles. The number of piperazine rings is 1. The van der Waals surface area contributed by atoms with Crippen molar-refractivity contribution in [2.24, 2.45) is 0 Å². The highest BCUT2D eigenvalue weighted by Crippen LogP contribution is 2.37. The van der Waals surface area contributed by atoms with E-state index in [0.29, 0.717) is 43.2 Å². The van der Waals surface area contributed by atoms with Crippen LogP contribution in [-0.4, -0.2) is 91.6 Å². The number of aromatic nitrogens is 1. The van der Waals surface area contributed by atoms with Gasteiger partial charge in [0.2, 0.25) is 0 Å². The molecule has 7 rings (SSSR count). The lowest BCUT2D eigenvalue weighted by Gasteiger charge is -2.35. The van der Waals surface area contributed by atoms with E-state index in [0.717, 1.165) is 65.0 Å². The highest BCUT2D eigenvalue weighted by atomic mass is 16.5. The number of fused-ring (bicyclic) bond motifs is 3. The van der Waals surface area contributed by atoms with Crippen LogP contribution in [-0.2, 0) is 13.1 Å². The molecule has 0 aliphatic carbocycles. The van der Waals surface area contributed by atoms with Crippen LogP contribution in [0, 0.1) is 0 Å². The summed E-state index contributed by atoms with van der Waals surface area (Å²) in [7, 11) is 5.82. The van der Waals surface area contributed by atoms with Gasteiger partial charge in [-0.2, -0.15) is 0 Å². The van der Waals surface area contributed by atoms with Crippen molar-refractivity contribution >= 4 is 28.3 Å². The molecule has 8 nitrogen and oxygen atoms in total. The molecule has 2 aliphatic heterocycles. The number of ether oxygens (including phenoxy) is 1. The fraction of sp³-hybridized carbons (Fsp3) is 0.282. The molecule has 5 aromatic rings. The Kier molecular flexibility index (Phi) is 8.54. The molecular weight excluding hydrogens is 586 g/mol. The third-order valence-electron chi connectivity index (χ3n) is 9.52. The summed E-state index contributed by atoms with van der Waals surface area (Å²) in [6.07, 6.45) is 0. The van der Waals surface area contributed by atoms with Crippen molar-refractivity contribution in [3.05, 3.63) is 120 Å². The Bertz CT molecular complexity index is 1930. The Balaban J connectivity index is 1.16. The highest BCUT2D eigenvalue weighted by molar-refractivity contribution is 6.08. The molecule has 0 bridgehead atoms. The van der Waals surface area contributed by atoms with Crippen LogP contribution in [0.5, 0.6) is 5.75 Å². The SMILES string of the molecule is COc1cc(C(=O)N2Cc3ccc(C(=O)N4CCN(CCN(C)C)CC4)n3Cc3ccccc32)ccc1-c1cccc2ccccc12. The van der Waals surface area contributed by atoms with E-state index in [1.54, 1.807) is 7.11 Å². The summed E-state index contributed by atoms with van der Waals surface area (Å²) in [6, 6.07) is 32.2. The van der Waals surface area contributed by atoms with Crippen molar-refractivity contribution in [2.75, 3.05) is 65.4 Å². The van der Waals surface area contributed by atoms with Gasteiger partial charge in [-0.05, 0) is 72.4 Å². The predicted octanol–water partition coefficient (Wildman–Crippen LogP) is 5.85. The Morgan fingerprint density at radius 2 is 1.53 bits per heavy atom. The molecule has 1 saturated heterocycles. The summed E-state index contributed by atoms with van der Waals surface area (Å²) < 4.78 is 7.97. The Morgan fingerprint density at radius 1 is 0.766 bits per heavy atom. The first-order valence-corrected chi connectivity index (χ1v) is 16.3. The topological polar surface area (TPSA) is 61.3 Å². The quantitative estimate of drug-likeness (QED) is 0.227. The standard InChI is InChI=1S/C39H41N5O3/c1-40(2)19-20-41-21-23-42(24-22-41)39(46)36-18-16-31-27-44(35-14-7-5-10-30(35)26-43(31)36)38(45)29-15-17-34(37(25-29)47-3)33-13-8-11-28-9-4-6-12-32(28)33/h4-18,25H,19-24,26-27H2,1-3H3. The maximum absolute atomic E-state index is 14.3. The number of hydrogen-bond acceptors (Lipinski definition) is 5. The summed E-state index contributed by atoms with van der Waals surface area (Å²) >= 11 is 0. The molecule has 2 amide bonds. The average Bonchev–Trinajstić information content (AvgIpc) is 3.42. The number of carbonyl (C=O) groups excluding carboxylic acids is 2. The van der Waals surface area contributed by atoms with Gasteiger partial charge < -0.3 is 24.0 Å². The molecule has 1 fully saturated rings. The van der Waals surface area contributed by atoms with E-state index < -0.39 is 0 Å². The summed E-state index contributed by atoms with van der Waals surface area (Å²) in [5.74, 6) is 0.583. The Labute approximate surface area is 276 Å². The third-order valence-corrected chi connectivity index (χ3v) is 9.52. The third kappa shape index (κ3) is 6.02. The van der Waals surface area contributed by atoms with E-state index in [4.69, 9.17) is 4.74 Å². The van der Waals surface area contributed by atoms with Gasteiger partial charge in [-0.1, -0.05) is 60.7 Å². The van der Waals surface area contributed by atoms with Crippen molar-refractivity contribution in [3.8, 4) is 16.9 Å². The van der Waals surface area contributed by atoms with Gasteiger partial charge in [0.1, 0.15) is 11.4 Å². The number of methoxy groups -OCH3 is 1. The number of para-hydroxylation sites is 1. The van der Waals surface area contributed by atoms with Crippen LogP contribution in [0.2, 0.25) is 0 Å². The largest absolute Gasteiger partial charge is 0.496 e. The number of amides is 2. The van der Waals surface area contributed by atoms with Gasteiger partial charge in [0.25, 0.3) is 11.8 Å². The van der Waals surface area contributed by atoms with E-state index in [9.17, 15) is 9.59 Å². The fourth-order valence-corrected chi connectivity index (χ4v) is 6.87. The lowest BCUT2D eigenvalue weighted by Crippen LogP contribution is -2.50. The predicted molar refractivity (Wildman–Crippen MR) is 187 cm³/mol. The second-order valence-electron chi connectivity index (χ2n) is 12.7. The van der Waals surface area contributed by atoms with Gasteiger partial charge >= 0.3 is 0 Å². The Morgan fingerprint density at radius 3 is 2.34 bits per heavy atom. The van der Waals surface area contributed by atoms with Crippen molar-refractivity contribution in [1.29, 1.82) is 0 Å². The summed E-state index contributed by atoms with van der Waals surface area (Å²) in [4.78, 5) is 36.6. The molecule has 2 aliphatic rings. The molecular formula is C39H41N5O3. The smallest absolute Gasteiger partial charge is 0.270 e. The normalized spacial score (nSPS) is 15.0. The van der Waals surface area contributed by atoms with E-state index >= 15 is 0 Å². The van der Waals surface area contributed by atoms with Crippen molar-refractivity contribution in [3.63, 3.8) is 0 Å². The van der Waals surface area contributed by atoms with E-state index in [-0.39, 0.29) is 11.8 Å². The molecule has 3 heterocycles. The van der Waals surface area contributed by atoms with Gasteiger partial charge in [0.05, 0.1) is 20.2 Å². The first-order valence-electron chi connectivity index (χ1n) is 16.3. The molecule has 0 N–H and O–H groups in total. The first kappa shape index (κ1) is 30.7. The summed E-state index contributed by atoms with van der Waals surface area (Å²) in [6.45, 7) is 6.07. The number of rotatable bonds is 7. The molecule has 8 heteroatoms. The zero-order valence-electron chi connectivity index (χ0n) is 27.4. The molecule has 4 aromatic carbocycles. The number of likely N-dealkylation sites (N-methyl/N-ethyl adjacent to an activating group) is 1. The zero-order chi connectivity index (χ0) is 32.5. The van der Waals surface area contributed by atoms with Gasteiger partial charge in [-0.3, -0.25) is 14.5 Å². The number of benzene rings is 4. The lowest BCUT2D eigenvalue weighted by molar-refractivity contribution is 0.0619. The van der Waals surface area contributed by atoms with Crippen LogP contribution < -0.4 is 9.64 Å². The molecule has 0 unspecified atom stereocenters. The minimum Gasteiger partial charge on any atom is -0.496 e. The Hall–Kier alpha value is -4.92. The summed E-state index contributed by atoms with van der Waals surface area (Å²) in [5, 5.41) is 2.28. The van der Waals surface area contributed by atoms with Crippen LogP contribution in [0.4, 0.5) is 5.69 Å². The maximum Gasteiger partial charge on any atom is 0.270 e. The van der Waals surface area contributed by atoms with Gasteiger partial charge in [-0.25, -0.2) is 0 Å². The highest BCUT2D eigenvalue weighted by Gasteiger charge is 2.30. The maximum atomic E-state index is 14.3. The van der Waals surface area contributed by atoms with Gasteiger partial charge in [-0.15, -0.1) is 0 Å². The van der Waals surface area contributed by atoms with Crippen molar-refractivity contribution < 1.29 is 14.3 Å². The minimum atomic E-state index is -0.114.